The third kappa shape index (κ3) is 3.65. The summed E-state index contributed by atoms with van der Waals surface area (Å²) in [7, 11) is 0.575. The zero-order chi connectivity index (χ0) is 13.1. The first kappa shape index (κ1) is 13.9. The summed E-state index contributed by atoms with van der Waals surface area (Å²) in [6, 6.07) is 6.33. The maximum atomic E-state index is 12.0. The first-order valence-corrected chi connectivity index (χ1v) is 6.89. The summed E-state index contributed by atoms with van der Waals surface area (Å²) in [6.45, 7) is 0. The predicted molar refractivity (Wildman–Crippen MR) is 74.8 cm³/mol. The van der Waals surface area contributed by atoms with Crippen LogP contribution in [0.2, 0.25) is 0 Å². The van der Waals surface area contributed by atoms with Gasteiger partial charge in [0.1, 0.15) is 0 Å². The molecule has 0 aliphatic carbocycles. The molecule has 7 heteroatoms. The van der Waals surface area contributed by atoms with Gasteiger partial charge in [-0.05, 0) is 31.1 Å². The van der Waals surface area contributed by atoms with Gasteiger partial charge in [-0.2, -0.15) is 0 Å². The lowest BCUT2D eigenvalue weighted by Crippen LogP contribution is -2.23. The molecule has 1 atom stereocenters. The Bertz CT molecular complexity index is 512. The summed E-state index contributed by atoms with van der Waals surface area (Å²) in [6.07, 6.45) is 0. The molecular formula is C10H15N3O2S2. The van der Waals surface area contributed by atoms with Crippen molar-refractivity contribution in [3.63, 3.8) is 0 Å². The molecule has 0 aromatic heterocycles. The standard InChI is InChI=1S/C10H15N3O2S2/c1-11-17(3,15)9-6-4-5-8(7-9)12-10(14)13(2)16/h4-7,16H,3H2,1-2H3,(H,11,15)(H,12,14). The Morgan fingerprint density at radius 2 is 2.18 bits per heavy atom. The fourth-order valence-corrected chi connectivity index (χ4v) is 2.00. The number of carbonyl (C=O) groups excluding carboxylic acids is 1. The van der Waals surface area contributed by atoms with Crippen LogP contribution < -0.4 is 10.0 Å². The molecule has 1 rings (SSSR count). The van der Waals surface area contributed by atoms with E-state index < -0.39 is 9.71 Å². The number of urea groups is 1. The third-order valence-corrected chi connectivity index (χ3v) is 3.95. The average molecular weight is 273 g/mol. The van der Waals surface area contributed by atoms with Gasteiger partial charge in [0.2, 0.25) is 0 Å². The second-order valence-corrected chi connectivity index (χ2v) is 6.19. The summed E-state index contributed by atoms with van der Waals surface area (Å²) in [5.41, 5.74) is 0.542. The normalized spacial score (nSPS) is 13.8. The minimum absolute atomic E-state index is 0.370. The first-order chi connectivity index (χ1) is 7.86. The molecule has 17 heavy (non-hydrogen) atoms. The van der Waals surface area contributed by atoms with Gasteiger partial charge in [0.05, 0.1) is 9.71 Å². The molecular weight excluding hydrogens is 258 g/mol. The number of thiol groups is 1. The Hall–Kier alpha value is -1.18. The largest absolute Gasteiger partial charge is 0.331 e. The van der Waals surface area contributed by atoms with Gasteiger partial charge in [-0.15, -0.1) is 0 Å². The number of benzene rings is 1. The molecule has 1 unspecified atom stereocenters. The average Bonchev–Trinajstić information content (AvgIpc) is 2.29. The van der Waals surface area contributed by atoms with E-state index in [1.807, 2.05) is 0 Å². The van der Waals surface area contributed by atoms with Crippen molar-refractivity contribution < 1.29 is 9.00 Å². The van der Waals surface area contributed by atoms with Crippen molar-refractivity contribution >= 4 is 40.1 Å². The topological polar surface area (TPSA) is 61.4 Å². The van der Waals surface area contributed by atoms with Gasteiger partial charge in [0.15, 0.2) is 0 Å². The molecule has 5 nitrogen and oxygen atoms in total. The van der Waals surface area contributed by atoms with Crippen molar-refractivity contribution in [1.29, 1.82) is 0 Å². The molecule has 0 saturated carbocycles. The van der Waals surface area contributed by atoms with E-state index in [9.17, 15) is 9.00 Å². The van der Waals surface area contributed by atoms with E-state index in [0.717, 1.165) is 4.31 Å². The lowest BCUT2D eigenvalue weighted by molar-refractivity contribution is 0.243. The Morgan fingerprint density at radius 3 is 2.71 bits per heavy atom. The highest BCUT2D eigenvalue weighted by Crippen LogP contribution is 2.15. The fraction of sp³-hybridized carbons (Fsp3) is 0.200. The van der Waals surface area contributed by atoms with Gasteiger partial charge in [0.25, 0.3) is 0 Å². The molecule has 0 bridgehead atoms. The van der Waals surface area contributed by atoms with Gasteiger partial charge in [0, 0.05) is 17.6 Å². The minimum Gasteiger partial charge on any atom is -0.307 e. The maximum absolute atomic E-state index is 12.0. The van der Waals surface area contributed by atoms with Crippen LogP contribution in [0.15, 0.2) is 29.2 Å². The van der Waals surface area contributed by atoms with Gasteiger partial charge < -0.3 is 5.32 Å². The summed E-state index contributed by atoms with van der Waals surface area (Å²) in [4.78, 5) is 11.9. The Morgan fingerprint density at radius 1 is 1.53 bits per heavy atom. The molecule has 0 aliphatic rings. The van der Waals surface area contributed by atoms with E-state index in [0.29, 0.717) is 10.6 Å². The Labute approximate surface area is 107 Å². The predicted octanol–water partition coefficient (Wildman–Crippen LogP) is 1.20. The molecule has 1 aromatic rings. The first-order valence-electron chi connectivity index (χ1n) is 4.76. The lowest BCUT2D eigenvalue weighted by atomic mass is 10.3. The SMILES string of the molecule is C=S(=O)(NC)c1cccc(NC(=O)N(C)S)c1. The molecule has 0 spiro atoms. The number of nitrogens with one attached hydrogen (secondary N) is 2. The van der Waals surface area contributed by atoms with Crippen LogP contribution in [-0.4, -0.2) is 34.5 Å². The van der Waals surface area contributed by atoms with Crippen LogP contribution in [0.3, 0.4) is 0 Å². The number of nitrogens with zero attached hydrogens (tertiary/aromatic N) is 1. The van der Waals surface area contributed by atoms with Crippen LogP contribution in [-0.2, 0) is 9.71 Å². The third-order valence-electron chi connectivity index (χ3n) is 2.09. The number of rotatable bonds is 3. The van der Waals surface area contributed by atoms with E-state index >= 15 is 0 Å². The van der Waals surface area contributed by atoms with Gasteiger partial charge in [-0.3, -0.25) is 4.31 Å². The number of amides is 2. The number of carbonyl (C=O) groups is 1. The molecule has 0 heterocycles. The molecule has 0 radical (unpaired) electrons. The zero-order valence-corrected chi connectivity index (χ0v) is 11.3. The summed E-state index contributed by atoms with van der Waals surface area (Å²) >= 11 is 3.86. The highest BCUT2D eigenvalue weighted by atomic mass is 32.2. The van der Waals surface area contributed by atoms with Crippen molar-refractivity contribution in [2.45, 2.75) is 4.90 Å². The maximum Gasteiger partial charge on any atom is 0.331 e. The minimum atomic E-state index is -2.51. The lowest BCUT2D eigenvalue weighted by Gasteiger charge is -2.13. The highest BCUT2D eigenvalue weighted by molar-refractivity contribution is 7.98. The van der Waals surface area contributed by atoms with Gasteiger partial charge >= 0.3 is 6.03 Å². The molecule has 0 aliphatic heterocycles. The smallest absolute Gasteiger partial charge is 0.307 e. The summed E-state index contributed by atoms with van der Waals surface area (Å²) in [5.74, 6) is 3.59. The summed E-state index contributed by atoms with van der Waals surface area (Å²) in [5, 5.41) is 2.61. The van der Waals surface area contributed by atoms with Crippen molar-refractivity contribution in [2.24, 2.45) is 0 Å². The molecule has 1 aromatic carbocycles. The van der Waals surface area contributed by atoms with Crippen LogP contribution >= 0.6 is 12.8 Å². The van der Waals surface area contributed by atoms with E-state index in [4.69, 9.17) is 0 Å². The van der Waals surface area contributed by atoms with Crippen molar-refractivity contribution in [1.82, 2.24) is 9.03 Å². The van der Waals surface area contributed by atoms with E-state index in [1.165, 1.54) is 7.05 Å². The number of anilines is 1. The second kappa shape index (κ2) is 5.44. The van der Waals surface area contributed by atoms with Crippen molar-refractivity contribution in [3.05, 3.63) is 24.3 Å². The zero-order valence-electron chi connectivity index (χ0n) is 9.64. The second-order valence-electron chi connectivity index (χ2n) is 3.36. The highest BCUT2D eigenvalue weighted by Gasteiger charge is 2.08. The number of hydrogen-bond acceptors (Lipinski definition) is 3. The molecule has 0 fully saturated rings. The molecule has 2 N–H and O–H groups in total. The monoisotopic (exact) mass is 273 g/mol. The van der Waals surface area contributed by atoms with E-state index in [-0.39, 0.29) is 6.03 Å². The van der Waals surface area contributed by atoms with Gasteiger partial charge in [-0.25, -0.2) is 13.7 Å². The van der Waals surface area contributed by atoms with Crippen molar-refractivity contribution in [3.8, 4) is 0 Å². The van der Waals surface area contributed by atoms with E-state index in [1.54, 1.807) is 31.3 Å². The van der Waals surface area contributed by atoms with E-state index in [2.05, 4.69) is 28.7 Å². The Kier molecular flexibility index (Phi) is 4.44. The van der Waals surface area contributed by atoms with Crippen LogP contribution in [0.1, 0.15) is 0 Å². The number of hydrogen-bond donors (Lipinski definition) is 3. The quantitative estimate of drug-likeness (QED) is 0.572. The van der Waals surface area contributed by atoms with Crippen LogP contribution in [0.25, 0.3) is 0 Å². The van der Waals surface area contributed by atoms with Crippen LogP contribution in [0.5, 0.6) is 0 Å². The molecule has 2 amide bonds. The summed E-state index contributed by atoms with van der Waals surface area (Å²) < 4.78 is 15.7. The fourth-order valence-electron chi connectivity index (χ4n) is 1.10. The molecule has 94 valence electrons. The van der Waals surface area contributed by atoms with Crippen LogP contribution in [0.4, 0.5) is 10.5 Å². The molecule has 0 saturated heterocycles. The van der Waals surface area contributed by atoms with Crippen LogP contribution in [0, 0.1) is 0 Å². The van der Waals surface area contributed by atoms with Crippen molar-refractivity contribution in [2.75, 3.05) is 19.4 Å². The van der Waals surface area contributed by atoms with Gasteiger partial charge in [-0.1, -0.05) is 18.9 Å². The Balaban J connectivity index is 2.99.